The van der Waals surface area contributed by atoms with Crippen molar-refractivity contribution in [3.05, 3.63) is 84.2 Å². The van der Waals surface area contributed by atoms with Gasteiger partial charge in [0.1, 0.15) is 11.0 Å². The van der Waals surface area contributed by atoms with Gasteiger partial charge in [-0.15, -0.1) is 0 Å². The molecule has 0 spiro atoms. The molecule has 164 valence electrons. The molecule has 0 radical (unpaired) electrons. The van der Waals surface area contributed by atoms with E-state index in [1.807, 2.05) is 13.8 Å². The van der Waals surface area contributed by atoms with Crippen LogP contribution in [0, 0.1) is 6.92 Å². The second kappa shape index (κ2) is 9.59. The number of hydrogen-bond acceptors (Lipinski definition) is 6. The second-order valence-electron chi connectivity index (χ2n) is 6.89. The van der Waals surface area contributed by atoms with Gasteiger partial charge in [-0.25, -0.2) is 21.6 Å². The van der Waals surface area contributed by atoms with E-state index in [9.17, 15) is 16.8 Å². The third kappa shape index (κ3) is 5.49. The summed E-state index contributed by atoms with van der Waals surface area (Å²) in [5.74, 6) is 0.552. The van der Waals surface area contributed by atoms with Crippen molar-refractivity contribution in [2.45, 2.75) is 28.9 Å². The molecule has 0 saturated heterocycles. The van der Waals surface area contributed by atoms with Crippen molar-refractivity contribution in [2.75, 3.05) is 13.2 Å². The largest absolute Gasteiger partial charge is 0.494 e. The minimum absolute atomic E-state index is 0.0219. The van der Waals surface area contributed by atoms with Crippen LogP contribution in [0.25, 0.3) is 0 Å². The lowest BCUT2D eigenvalue weighted by molar-refractivity contribution is 0.340. The average Bonchev–Trinajstić information content (AvgIpc) is 2.75. The van der Waals surface area contributed by atoms with E-state index in [2.05, 4.69) is 9.71 Å². The predicted octanol–water partition coefficient (Wildman–Crippen LogP) is 3.28. The minimum atomic E-state index is -3.93. The van der Waals surface area contributed by atoms with Gasteiger partial charge >= 0.3 is 0 Å². The number of nitrogens with one attached hydrogen (secondary N) is 1. The molecule has 0 amide bonds. The highest BCUT2D eigenvalue weighted by atomic mass is 32.2. The molecule has 9 heteroatoms. The van der Waals surface area contributed by atoms with E-state index >= 15 is 0 Å². The highest BCUT2D eigenvalue weighted by molar-refractivity contribution is 7.92. The number of benzene rings is 2. The molecule has 0 saturated carbocycles. The number of ether oxygens (including phenoxy) is 1. The van der Waals surface area contributed by atoms with Gasteiger partial charge in [-0.3, -0.25) is 4.98 Å². The third-order valence-corrected chi connectivity index (χ3v) is 8.24. The van der Waals surface area contributed by atoms with Gasteiger partial charge in [0, 0.05) is 18.9 Å². The van der Waals surface area contributed by atoms with Crippen molar-refractivity contribution in [1.82, 2.24) is 9.71 Å². The minimum Gasteiger partial charge on any atom is -0.494 e. The maximum Gasteiger partial charge on any atom is 0.240 e. The molecule has 0 fully saturated rings. The Bertz CT molecular complexity index is 1210. The zero-order valence-electron chi connectivity index (χ0n) is 17.2. The molecule has 1 heterocycles. The summed E-state index contributed by atoms with van der Waals surface area (Å²) in [5, 5.41) is -1.14. The van der Waals surface area contributed by atoms with E-state index in [1.165, 1.54) is 36.7 Å². The molecule has 0 aliphatic carbocycles. The van der Waals surface area contributed by atoms with Crippen molar-refractivity contribution in [3.63, 3.8) is 0 Å². The van der Waals surface area contributed by atoms with Crippen LogP contribution in [0.4, 0.5) is 0 Å². The topological polar surface area (TPSA) is 102 Å². The lowest BCUT2D eigenvalue weighted by Crippen LogP contribution is -2.32. The Morgan fingerprint density at radius 2 is 1.58 bits per heavy atom. The lowest BCUT2D eigenvalue weighted by Gasteiger charge is -2.19. The smallest absolute Gasteiger partial charge is 0.240 e. The lowest BCUT2D eigenvalue weighted by atomic mass is 10.2. The molecule has 1 aromatic heterocycles. The first-order chi connectivity index (χ1) is 14.7. The van der Waals surface area contributed by atoms with E-state index in [0.717, 1.165) is 5.56 Å². The Labute approximate surface area is 183 Å². The van der Waals surface area contributed by atoms with E-state index in [-0.39, 0.29) is 16.3 Å². The molecule has 3 aromatic rings. The van der Waals surface area contributed by atoms with Gasteiger partial charge < -0.3 is 4.74 Å². The van der Waals surface area contributed by atoms with Crippen LogP contribution in [-0.4, -0.2) is 35.0 Å². The maximum atomic E-state index is 13.3. The molecule has 0 bridgehead atoms. The number of rotatable bonds is 9. The molecular formula is C22H24N2O5S2. The highest BCUT2D eigenvalue weighted by Crippen LogP contribution is 2.29. The van der Waals surface area contributed by atoms with E-state index < -0.39 is 25.1 Å². The molecule has 2 aromatic carbocycles. The zero-order chi connectivity index (χ0) is 22.5. The van der Waals surface area contributed by atoms with Crippen molar-refractivity contribution < 1.29 is 21.6 Å². The summed E-state index contributed by atoms with van der Waals surface area (Å²) in [4.78, 5) is 4.14. The Morgan fingerprint density at radius 1 is 0.935 bits per heavy atom. The predicted molar refractivity (Wildman–Crippen MR) is 118 cm³/mol. The standard InChI is InChI=1S/C22H24N2O5S2/c1-3-29-19-8-12-21(13-9-19)31(27,28)24-16-22(18-5-4-14-23-15-18)30(25,26)20-10-6-17(2)7-11-20/h4-15,22,24H,3,16H2,1-2H3. The van der Waals surface area contributed by atoms with Gasteiger partial charge in [0.05, 0.1) is 16.4 Å². The van der Waals surface area contributed by atoms with Gasteiger partial charge in [-0.1, -0.05) is 23.8 Å². The van der Waals surface area contributed by atoms with Gasteiger partial charge in [0.25, 0.3) is 0 Å². The Balaban J connectivity index is 1.90. The summed E-state index contributed by atoms with van der Waals surface area (Å²) < 4.78 is 60.0. The number of aryl methyl sites for hydroxylation is 1. The number of pyridine rings is 1. The van der Waals surface area contributed by atoms with Gasteiger partial charge in [0.15, 0.2) is 9.84 Å². The van der Waals surface area contributed by atoms with Crippen molar-refractivity contribution in [2.24, 2.45) is 0 Å². The Morgan fingerprint density at radius 3 is 2.16 bits per heavy atom. The summed E-state index contributed by atoms with van der Waals surface area (Å²) >= 11 is 0. The van der Waals surface area contributed by atoms with E-state index in [0.29, 0.717) is 17.9 Å². The molecule has 1 unspecified atom stereocenters. The number of nitrogens with zero attached hydrogens (tertiary/aromatic N) is 1. The fourth-order valence-electron chi connectivity index (χ4n) is 3.02. The Kier molecular flexibility index (Phi) is 7.09. The molecule has 0 aliphatic rings. The summed E-state index contributed by atoms with van der Waals surface area (Å²) in [5.41, 5.74) is 1.32. The SMILES string of the molecule is CCOc1ccc(S(=O)(=O)NCC(c2cccnc2)S(=O)(=O)c2ccc(C)cc2)cc1. The highest BCUT2D eigenvalue weighted by Gasteiger charge is 2.31. The fraction of sp³-hybridized carbons (Fsp3) is 0.227. The van der Waals surface area contributed by atoms with Crippen LogP contribution in [0.1, 0.15) is 23.3 Å². The monoisotopic (exact) mass is 460 g/mol. The van der Waals surface area contributed by atoms with Crippen molar-refractivity contribution in [3.8, 4) is 5.75 Å². The Hall–Kier alpha value is -2.75. The molecular weight excluding hydrogens is 436 g/mol. The quantitative estimate of drug-likeness (QED) is 0.526. The van der Waals surface area contributed by atoms with Crippen LogP contribution in [0.5, 0.6) is 5.75 Å². The van der Waals surface area contributed by atoms with Gasteiger partial charge in [-0.05, 0) is 61.9 Å². The summed E-state index contributed by atoms with van der Waals surface area (Å²) in [6.45, 7) is 3.82. The van der Waals surface area contributed by atoms with E-state index in [4.69, 9.17) is 4.74 Å². The number of aromatic nitrogens is 1. The van der Waals surface area contributed by atoms with Crippen LogP contribution in [0.2, 0.25) is 0 Å². The summed E-state index contributed by atoms with van der Waals surface area (Å²) in [6.07, 6.45) is 2.96. The molecule has 3 rings (SSSR count). The summed E-state index contributed by atoms with van der Waals surface area (Å²) in [7, 11) is -7.81. The summed E-state index contributed by atoms with van der Waals surface area (Å²) in [6, 6.07) is 15.6. The van der Waals surface area contributed by atoms with Crippen LogP contribution >= 0.6 is 0 Å². The molecule has 7 nitrogen and oxygen atoms in total. The number of hydrogen-bond donors (Lipinski definition) is 1. The van der Waals surface area contributed by atoms with Crippen LogP contribution in [0.3, 0.4) is 0 Å². The molecule has 31 heavy (non-hydrogen) atoms. The van der Waals surface area contributed by atoms with Crippen LogP contribution in [-0.2, 0) is 19.9 Å². The fourth-order valence-corrected chi connectivity index (χ4v) is 5.81. The maximum absolute atomic E-state index is 13.3. The zero-order valence-corrected chi connectivity index (χ0v) is 18.9. The van der Waals surface area contributed by atoms with E-state index in [1.54, 1.807) is 36.4 Å². The first-order valence-corrected chi connectivity index (χ1v) is 12.7. The third-order valence-electron chi connectivity index (χ3n) is 4.68. The van der Waals surface area contributed by atoms with Crippen LogP contribution in [0.15, 0.2) is 82.8 Å². The van der Waals surface area contributed by atoms with Gasteiger partial charge in [-0.2, -0.15) is 0 Å². The van der Waals surface area contributed by atoms with Crippen molar-refractivity contribution in [1.29, 1.82) is 0 Å². The molecule has 1 atom stereocenters. The normalized spacial score (nSPS) is 13.0. The average molecular weight is 461 g/mol. The molecule has 0 aliphatic heterocycles. The van der Waals surface area contributed by atoms with Gasteiger partial charge in [0.2, 0.25) is 10.0 Å². The number of sulfonamides is 1. The number of sulfone groups is 1. The second-order valence-corrected chi connectivity index (χ2v) is 10.8. The van der Waals surface area contributed by atoms with Crippen LogP contribution < -0.4 is 9.46 Å². The molecule has 1 N–H and O–H groups in total. The first-order valence-electron chi connectivity index (χ1n) is 9.67. The van der Waals surface area contributed by atoms with Crippen molar-refractivity contribution >= 4 is 19.9 Å². The first kappa shape index (κ1) is 22.9.